The molecule has 3 heterocycles. The van der Waals surface area contributed by atoms with Crippen LogP contribution in [-0.2, 0) is 19.1 Å². The third-order valence-electron chi connectivity index (χ3n) is 3.22. The molecule has 5 nitrogen and oxygen atoms in total. The number of alkyl halides is 3. The van der Waals surface area contributed by atoms with Gasteiger partial charge in [0.15, 0.2) is 5.82 Å². The minimum Gasteiger partial charge on any atom is -0.310 e. The van der Waals surface area contributed by atoms with E-state index in [0.717, 1.165) is 44.1 Å². The van der Waals surface area contributed by atoms with Crippen LogP contribution in [0, 0.1) is 0 Å². The molecule has 0 saturated carbocycles. The average molecular weight is 271 g/mol. The van der Waals surface area contributed by atoms with Gasteiger partial charge in [-0.3, -0.25) is 5.10 Å². The van der Waals surface area contributed by atoms with E-state index in [1.54, 1.807) is 0 Å². The van der Waals surface area contributed by atoms with Crippen LogP contribution in [0.5, 0.6) is 0 Å². The van der Waals surface area contributed by atoms with Crippen LogP contribution in [0.15, 0.2) is 6.07 Å². The molecule has 0 atom stereocenters. The van der Waals surface area contributed by atoms with Crippen molar-refractivity contribution >= 4 is 0 Å². The van der Waals surface area contributed by atoms with E-state index in [1.165, 1.54) is 0 Å². The molecule has 3 rings (SSSR count). The molecule has 0 radical (unpaired) electrons. The van der Waals surface area contributed by atoms with Crippen molar-refractivity contribution in [3.8, 4) is 11.5 Å². The summed E-state index contributed by atoms with van der Waals surface area (Å²) in [5.41, 5.74) is -0.679. The van der Waals surface area contributed by atoms with Crippen LogP contribution in [0.4, 0.5) is 13.2 Å². The molecule has 2 aromatic heterocycles. The highest BCUT2D eigenvalue weighted by atomic mass is 19.4. The third-order valence-corrected chi connectivity index (χ3v) is 3.22. The minimum absolute atomic E-state index is 0.188. The van der Waals surface area contributed by atoms with Gasteiger partial charge in [-0.15, -0.1) is 10.2 Å². The summed E-state index contributed by atoms with van der Waals surface area (Å²) in [5.74, 6) is 1.23. The Kier molecular flexibility index (Phi) is 2.79. The summed E-state index contributed by atoms with van der Waals surface area (Å²) in [6, 6.07) is 0.974. The molecule has 0 aromatic carbocycles. The number of fused-ring (bicyclic) bond motifs is 1. The highest BCUT2D eigenvalue weighted by molar-refractivity contribution is 5.50. The van der Waals surface area contributed by atoms with E-state index in [9.17, 15) is 13.2 Å². The number of aromatic nitrogens is 5. The number of rotatable bonds is 1. The highest BCUT2D eigenvalue weighted by Crippen LogP contribution is 2.30. The molecule has 0 aliphatic carbocycles. The Morgan fingerprint density at radius 2 is 2.00 bits per heavy atom. The number of hydrogen-bond acceptors (Lipinski definition) is 3. The van der Waals surface area contributed by atoms with Crippen LogP contribution in [0.1, 0.15) is 30.8 Å². The minimum atomic E-state index is -4.42. The van der Waals surface area contributed by atoms with Gasteiger partial charge in [0.25, 0.3) is 0 Å². The number of H-pyrrole nitrogens is 1. The number of aryl methyl sites for hydroxylation is 1. The van der Waals surface area contributed by atoms with Crippen LogP contribution < -0.4 is 0 Å². The van der Waals surface area contributed by atoms with E-state index in [0.29, 0.717) is 5.82 Å². The number of nitrogens with zero attached hydrogens (tertiary/aromatic N) is 4. The number of halogens is 3. The van der Waals surface area contributed by atoms with Crippen LogP contribution >= 0.6 is 0 Å². The lowest BCUT2D eigenvalue weighted by atomic mass is 10.2. The fourth-order valence-corrected chi connectivity index (χ4v) is 2.26. The summed E-state index contributed by atoms with van der Waals surface area (Å²) in [4.78, 5) is 0. The van der Waals surface area contributed by atoms with Gasteiger partial charge < -0.3 is 4.57 Å². The predicted octanol–water partition coefficient (Wildman–Crippen LogP) is 2.41. The Bertz CT molecular complexity index is 583. The molecule has 0 spiro atoms. The van der Waals surface area contributed by atoms with E-state index >= 15 is 0 Å². The Hall–Kier alpha value is -1.86. The molecule has 0 unspecified atom stereocenters. The normalized spacial score (nSPS) is 16.2. The van der Waals surface area contributed by atoms with Crippen LogP contribution in [0.25, 0.3) is 11.5 Å². The average Bonchev–Trinajstić information content (AvgIpc) is 2.90. The summed E-state index contributed by atoms with van der Waals surface area (Å²) in [7, 11) is 0. The second kappa shape index (κ2) is 4.36. The van der Waals surface area contributed by atoms with Crippen molar-refractivity contribution in [3.63, 3.8) is 0 Å². The molecule has 19 heavy (non-hydrogen) atoms. The molecule has 0 amide bonds. The maximum atomic E-state index is 12.5. The molecule has 0 bridgehead atoms. The Morgan fingerprint density at radius 3 is 2.74 bits per heavy atom. The van der Waals surface area contributed by atoms with Crippen molar-refractivity contribution in [1.82, 2.24) is 25.0 Å². The van der Waals surface area contributed by atoms with Crippen molar-refractivity contribution < 1.29 is 13.2 Å². The predicted molar refractivity (Wildman–Crippen MR) is 60.2 cm³/mol. The third kappa shape index (κ3) is 2.22. The van der Waals surface area contributed by atoms with Gasteiger partial charge in [-0.1, -0.05) is 6.42 Å². The molecular formula is C11H12F3N5. The fraction of sp³-hybridized carbons (Fsp3) is 0.545. The van der Waals surface area contributed by atoms with Crippen molar-refractivity contribution in [2.75, 3.05) is 0 Å². The van der Waals surface area contributed by atoms with E-state index in [2.05, 4.69) is 15.3 Å². The lowest BCUT2D eigenvalue weighted by Gasteiger charge is -2.04. The Balaban J connectivity index is 1.99. The SMILES string of the molecule is FC(F)(F)c1cc(-c2nnc3n2CCCCC3)n[nH]1. The quantitative estimate of drug-likeness (QED) is 0.866. The summed E-state index contributed by atoms with van der Waals surface area (Å²) >= 11 is 0. The molecule has 102 valence electrons. The van der Waals surface area contributed by atoms with Crippen molar-refractivity contribution in [1.29, 1.82) is 0 Å². The smallest absolute Gasteiger partial charge is 0.310 e. The first-order valence-electron chi connectivity index (χ1n) is 6.11. The summed E-state index contributed by atoms with van der Waals surface area (Å²) < 4.78 is 39.5. The second-order valence-corrected chi connectivity index (χ2v) is 4.57. The molecule has 1 N–H and O–H groups in total. The molecule has 2 aromatic rings. The van der Waals surface area contributed by atoms with Gasteiger partial charge in [-0.25, -0.2) is 0 Å². The lowest BCUT2D eigenvalue weighted by Crippen LogP contribution is -2.04. The van der Waals surface area contributed by atoms with Gasteiger partial charge in [0.05, 0.1) is 0 Å². The molecular weight excluding hydrogens is 259 g/mol. The monoisotopic (exact) mass is 271 g/mol. The van der Waals surface area contributed by atoms with Crippen molar-refractivity contribution in [2.24, 2.45) is 0 Å². The second-order valence-electron chi connectivity index (χ2n) is 4.57. The van der Waals surface area contributed by atoms with Crippen molar-refractivity contribution in [3.05, 3.63) is 17.6 Å². The molecule has 0 saturated heterocycles. The molecule has 8 heteroatoms. The standard InChI is InChI=1S/C11H12F3N5/c12-11(13,14)8-6-7(15-16-8)10-18-17-9-4-2-1-3-5-19(9)10/h6H,1-5H2,(H,15,16). The lowest BCUT2D eigenvalue weighted by molar-refractivity contribution is -0.141. The van der Waals surface area contributed by atoms with Gasteiger partial charge in [0.2, 0.25) is 0 Å². The fourth-order valence-electron chi connectivity index (χ4n) is 2.26. The van der Waals surface area contributed by atoms with E-state index < -0.39 is 11.9 Å². The Morgan fingerprint density at radius 1 is 1.16 bits per heavy atom. The van der Waals surface area contributed by atoms with Gasteiger partial charge >= 0.3 is 6.18 Å². The van der Waals surface area contributed by atoms with E-state index in [1.807, 2.05) is 9.67 Å². The highest BCUT2D eigenvalue weighted by Gasteiger charge is 2.33. The number of nitrogens with one attached hydrogen (secondary N) is 1. The van der Waals surface area contributed by atoms with Gasteiger partial charge in [-0.05, 0) is 18.9 Å². The zero-order valence-electron chi connectivity index (χ0n) is 10.0. The Labute approximate surface area is 106 Å². The zero-order chi connectivity index (χ0) is 13.5. The maximum Gasteiger partial charge on any atom is 0.432 e. The van der Waals surface area contributed by atoms with E-state index in [-0.39, 0.29) is 5.69 Å². The number of aromatic amines is 1. The summed E-state index contributed by atoms with van der Waals surface area (Å²) in [5, 5.41) is 13.7. The van der Waals surface area contributed by atoms with Gasteiger partial charge in [0.1, 0.15) is 17.2 Å². The molecule has 1 aliphatic rings. The molecule has 0 fully saturated rings. The van der Waals surface area contributed by atoms with Crippen molar-refractivity contribution in [2.45, 2.75) is 38.4 Å². The zero-order valence-corrected chi connectivity index (χ0v) is 10.0. The maximum absolute atomic E-state index is 12.5. The van der Waals surface area contributed by atoms with Crippen LogP contribution in [0.3, 0.4) is 0 Å². The topological polar surface area (TPSA) is 59.4 Å². The van der Waals surface area contributed by atoms with Gasteiger partial charge in [0, 0.05) is 13.0 Å². The first kappa shape index (κ1) is 12.2. The van der Waals surface area contributed by atoms with Gasteiger partial charge in [-0.2, -0.15) is 18.3 Å². The van der Waals surface area contributed by atoms with E-state index in [4.69, 9.17) is 0 Å². The van der Waals surface area contributed by atoms with Crippen LogP contribution in [0.2, 0.25) is 0 Å². The molecule has 1 aliphatic heterocycles. The first-order valence-corrected chi connectivity index (χ1v) is 6.11. The first-order chi connectivity index (χ1) is 9.05. The number of hydrogen-bond donors (Lipinski definition) is 1. The largest absolute Gasteiger partial charge is 0.432 e. The summed E-state index contributed by atoms with van der Waals surface area (Å²) in [6.07, 6.45) is -0.505. The van der Waals surface area contributed by atoms with Crippen LogP contribution in [-0.4, -0.2) is 25.0 Å². The summed E-state index contributed by atoms with van der Waals surface area (Å²) in [6.45, 7) is 0.728.